The molecule has 282 valence electrons. The molecule has 1 saturated heterocycles. The highest BCUT2D eigenvalue weighted by atomic mass is 35.5. The first-order valence-corrected chi connectivity index (χ1v) is 21.4. The lowest BCUT2D eigenvalue weighted by atomic mass is 10.0. The summed E-state index contributed by atoms with van der Waals surface area (Å²) in [5, 5.41) is 20.3. The van der Waals surface area contributed by atoms with Crippen LogP contribution < -0.4 is 21.1 Å². The van der Waals surface area contributed by atoms with Gasteiger partial charge in [-0.1, -0.05) is 30.2 Å². The summed E-state index contributed by atoms with van der Waals surface area (Å²) in [6, 6.07) is 16.3. The number of nitrogens with two attached hydrogens (primary N) is 1. The Labute approximate surface area is 318 Å². The van der Waals surface area contributed by atoms with E-state index in [1.165, 1.54) is 23.9 Å². The third-order valence-corrected chi connectivity index (χ3v) is 12.1. The van der Waals surface area contributed by atoms with Crippen LogP contribution in [0.25, 0.3) is 16.9 Å². The van der Waals surface area contributed by atoms with Gasteiger partial charge in [0.1, 0.15) is 0 Å². The molecule has 1 aromatic heterocycles. The molecule has 17 heteroatoms. The molecular formula is C35H46ClN7O6S3. The number of fused-ring (bicyclic) bond motifs is 1. The Morgan fingerprint density at radius 1 is 1.02 bits per heavy atom. The summed E-state index contributed by atoms with van der Waals surface area (Å²) >= 11 is 9.51. The second-order valence-corrected chi connectivity index (χ2v) is 16.7. The Bertz CT molecular complexity index is 1770. The second-order valence-electron chi connectivity index (χ2n) is 12.5. The van der Waals surface area contributed by atoms with E-state index in [1.807, 2.05) is 36.9 Å². The van der Waals surface area contributed by atoms with Gasteiger partial charge in [-0.2, -0.15) is 16.9 Å². The lowest BCUT2D eigenvalue weighted by molar-refractivity contribution is -0.121. The predicted octanol–water partition coefficient (Wildman–Crippen LogP) is 3.77. The summed E-state index contributed by atoms with van der Waals surface area (Å²) in [5.74, 6) is 2.82. The molecule has 0 saturated carbocycles. The van der Waals surface area contributed by atoms with Crippen LogP contribution in [0.15, 0.2) is 64.5 Å². The van der Waals surface area contributed by atoms with Gasteiger partial charge in [0, 0.05) is 46.9 Å². The van der Waals surface area contributed by atoms with Gasteiger partial charge >= 0.3 is 0 Å². The van der Waals surface area contributed by atoms with Crippen molar-refractivity contribution in [3.63, 3.8) is 0 Å². The fourth-order valence-corrected chi connectivity index (χ4v) is 8.83. The number of amides is 2. The fraction of sp³-hybridized carbons (Fsp3) is 0.486. The minimum atomic E-state index is -3.82. The van der Waals surface area contributed by atoms with E-state index in [0.717, 1.165) is 47.8 Å². The van der Waals surface area contributed by atoms with Crippen molar-refractivity contribution in [1.82, 2.24) is 25.7 Å². The number of nitrogens with zero attached hydrogens (tertiary/aromatic N) is 3. The van der Waals surface area contributed by atoms with Crippen LogP contribution in [-0.2, 0) is 34.8 Å². The number of aromatic nitrogens is 2. The quantitative estimate of drug-likeness (QED) is 0.116. The topological polar surface area (TPSA) is 179 Å². The van der Waals surface area contributed by atoms with Crippen molar-refractivity contribution in [3.8, 4) is 16.9 Å². The van der Waals surface area contributed by atoms with E-state index in [1.54, 1.807) is 28.9 Å². The Kier molecular flexibility index (Phi) is 15.3. The number of benzene rings is 2. The standard InChI is InChI=1S/C35H46ClN7O6S3/c1-24-40-30-22-51-32(35(30)41-24)4-2-3-5-33(44)38-14-16-48-18-19-49-17-15-39-34(45)23-50-21-27-20-31(25-6-8-26(36)9-7-25)43(42-27)28-10-12-29(13-11-28)52(37,46)47/h6-13,20,30,32,35H,2-5,14-19,21-23H2,1H3,(H,38,44)(H,39,45)(H,40,41)(H2,37,46,47)/t30-,32-,35-/m1/s1. The van der Waals surface area contributed by atoms with Crippen LogP contribution in [0.2, 0.25) is 5.02 Å². The van der Waals surface area contributed by atoms with Crippen LogP contribution in [0.3, 0.4) is 0 Å². The van der Waals surface area contributed by atoms with Gasteiger partial charge in [0.05, 0.1) is 72.1 Å². The number of hydrogen-bond donors (Lipinski definition) is 4. The summed E-state index contributed by atoms with van der Waals surface area (Å²) < 4.78 is 36.2. The maximum Gasteiger partial charge on any atom is 0.238 e. The molecule has 2 amide bonds. The van der Waals surface area contributed by atoms with E-state index in [0.29, 0.717) is 79.7 Å². The first-order chi connectivity index (χ1) is 25.1. The Morgan fingerprint density at radius 2 is 1.71 bits per heavy atom. The number of rotatable bonds is 21. The molecule has 0 unspecified atom stereocenters. The Balaban J connectivity index is 0.899. The fourth-order valence-electron chi connectivity index (χ4n) is 5.93. The number of aliphatic imine (C=N–C) groups is 1. The molecule has 1 fully saturated rings. The largest absolute Gasteiger partial charge is 0.377 e. The number of carbonyl (C=O) groups excluding carboxylic acids is 2. The van der Waals surface area contributed by atoms with E-state index in [9.17, 15) is 18.0 Å². The number of amidine groups is 1. The van der Waals surface area contributed by atoms with Gasteiger partial charge in [0.25, 0.3) is 0 Å². The minimum absolute atomic E-state index is 0.0100. The highest BCUT2D eigenvalue weighted by Crippen LogP contribution is 2.35. The number of hydrogen-bond acceptors (Lipinski definition) is 11. The summed E-state index contributed by atoms with van der Waals surface area (Å²) in [7, 11) is -3.82. The minimum Gasteiger partial charge on any atom is -0.377 e. The zero-order valence-electron chi connectivity index (χ0n) is 29.1. The van der Waals surface area contributed by atoms with E-state index >= 15 is 0 Å². The third kappa shape index (κ3) is 12.2. The maximum absolute atomic E-state index is 12.4. The molecule has 0 radical (unpaired) electrons. The summed E-state index contributed by atoms with van der Waals surface area (Å²) in [4.78, 5) is 29.3. The van der Waals surface area contributed by atoms with Gasteiger partial charge in [0.2, 0.25) is 21.8 Å². The van der Waals surface area contributed by atoms with Crippen LogP contribution in [0.4, 0.5) is 0 Å². The number of halogens is 1. The second kappa shape index (κ2) is 19.8. The van der Waals surface area contributed by atoms with Gasteiger partial charge in [-0.15, -0.1) is 11.8 Å². The molecule has 2 aliphatic heterocycles. The van der Waals surface area contributed by atoms with E-state index in [-0.39, 0.29) is 22.5 Å². The third-order valence-electron chi connectivity index (χ3n) is 8.46. The van der Waals surface area contributed by atoms with Crippen molar-refractivity contribution >= 4 is 62.8 Å². The lowest BCUT2D eigenvalue weighted by Gasteiger charge is -2.14. The number of ether oxygens (including phenoxy) is 2. The molecule has 0 spiro atoms. The van der Waals surface area contributed by atoms with Crippen molar-refractivity contribution in [2.24, 2.45) is 10.1 Å². The normalized spacial score (nSPS) is 18.1. The van der Waals surface area contributed by atoms with Crippen LogP contribution in [0.5, 0.6) is 0 Å². The van der Waals surface area contributed by atoms with E-state index < -0.39 is 10.0 Å². The number of thioether (sulfide) groups is 2. The average Bonchev–Trinajstić information content (AvgIpc) is 3.82. The Hall–Kier alpha value is -3.12. The molecule has 5 N–H and O–H groups in total. The van der Waals surface area contributed by atoms with Crippen molar-refractivity contribution in [2.45, 2.75) is 60.6 Å². The summed E-state index contributed by atoms with van der Waals surface area (Å²) in [5.41, 5.74) is 3.07. The van der Waals surface area contributed by atoms with Crippen molar-refractivity contribution < 1.29 is 27.5 Å². The van der Waals surface area contributed by atoms with Crippen molar-refractivity contribution in [1.29, 1.82) is 0 Å². The van der Waals surface area contributed by atoms with Crippen molar-refractivity contribution in [3.05, 3.63) is 65.3 Å². The molecule has 13 nitrogen and oxygen atoms in total. The van der Waals surface area contributed by atoms with Gasteiger partial charge in [0.15, 0.2) is 0 Å². The smallest absolute Gasteiger partial charge is 0.238 e. The molecule has 52 heavy (non-hydrogen) atoms. The number of sulfonamides is 1. The first-order valence-electron chi connectivity index (χ1n) is 17.2. The molecule has 3 aromatic rings. The zero-order valence-corrected chi connectivity index (χ0v) is 32.3. The van der Waals surface area contributed by atoms with E-state index in [2.05, 4.69) is 16.0 Å². The highest BCUT2D eigenvalue weighted by Gasteiger charge is 2.39. The van der Waals surface area contributed by atoms with E-state index in [4.69, 9.17) is 36.3 Å². The monoisotopic (exact) mass is 791 g/mol. The number of unbranched alkanes of at least 4 members (excludes halogenated alkanes) is 1. The van der Waals surface area contributed by atoms with Crippen LogP contribution in [0, 0.1) is 0 Å². The average molecular weight is 792 g/mol. The molecule has 3 atom stereocenters. The van der Waals surface area contributed by atoms with Crippen molar-refractivity contribution in [2.75, 3.05) is 51.0 Å². The SMILES string of the molecule is CC1=N[C@@H]2[C@@H](CS[C@@H]2CCCCC(=O)NCCOCCOCCNC(=O)CSCc2cc(-c3ccc(Cl)cc3)n(-c3ccc(S(N)(=O)=O)cc3)n2)N1. The Morgan fingerprint density at radius 3 is 2.40 bits per heavy atom. The van der Waals surface area contributed by atoms with Gasteiger partial charge < -0.3 is 25.4 Å². The molecule has 2 aromatic carbocycles. The predicted molar refractivity (Wildman–Crippen MR) is 208 cm³/mol. The molecule has 0 aliphatic carbocycles. The highest BCUT2D eigenvalue weighted by molar-refractivity contribution is 8.00. The summed E-state index contributed by atoms with van der Waals surface area (Å²) in [6.45, 7) is 4.44. The molecule has 0 bridgehead atoms. The van der Waals surface area contributed by atoms with Gasteiger partial charge in [-0.05, 0) is 62.2 Å². The number of primary sulfonamides is 1. The van der Waals surface area contributed by atoms with Gasteiger partial charge in [-0.25, -0.2) is 18.2 Å². The lowest BCUT2D eigenvalue weighted by Crippen LogP contribution is -2.34. The first kappa shape index (κ1) is 40.1. The van der Waals surface area contributed by atoms with Crippen LogP contribution in [-0.4, -0.2) is 104 Å². The van der Waals surface area contributed by atoms with Crippen LogP contribution >= 0.6 is 35.1 Å². The zero-order chi connectivity index (χ0) is 36.9. The number of nitrogens with one attached hydrogen (secondary N) is 3. The van der Waals surface area contributed by atoms with Gasteiger partial charge in [-0.3, -0.25) is 14.6 Å². The summed E-state index contributed by atoms with van der Waals surface area (Å²) in [6.07, 6.45) is 3.52. The van der Waals surface area contributed by atoms with Crippen LogP contribution in [0.1, 0.15) is 38.3 Å². The molecule has 3 heterocycles. The molecule has 2 aliphatic rings. The number of carbonyl (C=O) groups is 2. The maximum atomic E-state index is 12.4. The molecular weight excluding hydrogens is 746 g/mol. The molecule has 5 rings (SSSR count).